The summed E-state index contributed by atoms with van der Waals surface area (Å²) in [6.45, 7) is 3.82. The molecule has 2 nitrogen and oxygen atoms in total. The van der Waals surface area contributed by atoms with Gasteiger partial charge in [0.15, 0.2) is 0 Å². The SMILES string of the molecule is CC(C)OC(=O)CC1CCCCCC1. The fourth-order valence-corrected chi connectivity index (χ4v) is 2.11. The molecular formula is C12H22O2. The van der Waals surface area contributed by atoms with E-state index in [1.807, 2.05) is 13.8 Å². The summed E-state index contributed by atoms with van der Waals surface area (Å²) < 4.78 is 5.15. The lowest BCUT2D eigenvalue weighted by molar-refractivity contribution is -0.148. The monoisotopic (exact) mass is 198 g/mol. The van der Waals surface area contributed by atoms with Crippen LogP contribution in [0.4, 0.5) is 0 Å². The predicted molar refractivity (Wildman–Crippen MR) is 57.0 cm³/mol. The third-order valence-corrected chi connectivity index (χ3v) is 2.80. The average Bonchev–Trinajstić information content (AvgIpc) is 2.31. The van der Waals surface area contributed by atoms with Crippen LogP contribution in [0.25, 0.3) is 0 Å². The van der Waals surface area contributed by atoms with Gasteiger partial charge in [0.25, 0.3) is 0 Å². The van der Waals surface area contributed by atoms with Crippen LogP contribution in [0.2, 0.25) is 0 Å². The van der Waals surface area contributed by atoms with Crippen LogP contribution in [0.15, 0.2) is 0 Å². The van der Waals surface area contributed by atoms with Crippen molar-refractivity contribution in [3.8, 4) is 0 Å². The lowest BCUT2D eigenvalue weighted by atomic mass is 9.97. The molecule has 0 aromatic carbocycles. The normalized spacial score (nSPS) is 19.4. The number of ether oxygens (including phenoxy) is 1. The molecule has 0 bridgehead atoms. The van der Waals surface area contributed by atoms with Crippen LogP contribution in [0.3, 0.4) is 0 Å². The fraction of sp³-hybridized carbons (Fsp3) is 0.917. The molecule has 0 unspecified atom stereocenters. The summed E-state index contributed by atoms with van der Waals surface area (Å²) in [5, 5.41) is 0. The smallest absolute Gasteiger partial charge is 0.306 e. The van der Waals surface area contributed by atoms with E-state index in [-0.39, 0.29) is 12.1 Å². The molecule has 0 heterocycles. The summed E-state index contributed by atoms with van der Waals surface area (Å²) in [6.07, 6.45) is 8.37. The molecule has 0 aliphatic heterocycles. The first kappa shape index (κ1) is 11.5. The highest BCUT2D eigenvalue weighted by Crippen LogP contribution is 2.25. The summed E-state index contributed by atoms with van der Waals surface area (Å²) >= 11 is 0. The number of carbonyl (C=O) groups excluding carboxylic acids is 1. The van der Waals surface area contributed by atoms with Crippen LogP contribution in [-0.4, -0.2) is 12.1 Å². The Labute approximate surface area is 87.0 Å². The number of carbonyl (C=O) groups is 1. The third-order valence-electron chi connectivity index (χ3n) is 2.80. The van der Waals surface area contributed by atoms with Crippen molar-refractivity contribution in [2.45, 2.75) is 64.9 Å². The van der Waals surface area contributed by atoms with Gasteiger partial charge in [-0.25, -0.2) is 0 Å². The van der Waals surface area contributed by atoms with Gasteiger partial charge in [-0.2, -0.15) is 0 Å². The van der Waals surface area contributed by atoms with Gasteiger partial charge in [-0.05, 0) is 32.6 Å². The van der Waals surface area contributed by atoms with Crippen molar-refractivity contribution in [1.82, 2.24) is 0 Å². The second-order valence-corrected chi connectivity index (χ2v) is 4.60. The first-order valence-electron chi connectivity index (χ1n) is 5.88. The van der Waals surface area contributed by atoms with E-state index in [9.17, 15) is 4.79 Å². The van der Waals surface area contributed by atoms with E-state index in [2.05, 4.69) is 0 Å². The second kappa shape index (κ2) is 6.05. The molecule has 0 saturated heterocycles. The number of hydrogen-bond acceptors (Lipinski definition) is 2. The van der Waals surface area contributed by atoms with Gasteiger partial charge in [0.05, 0.1) is 6.10 Å². The Kier molecular flexibility index (Phi) is 4.99. The summed E-state index contributed by atoms with van der Waals surface area (Å²) in [4.78, 5) is 11.4. The summed E-state index contributed by atoms with van der Waals surface area (Å²) in [6, 6.07) is 0. The van der Waals surface area contributed by atoms with E-state index >= 15 is 0 Å². The van der Waals surface area contributed by atoms with Gasteiger partial charge in [-0.15, -0.1) is 0 Å². The van der Waals surface area contributed by atoms with E-state index < -0.39 is 0 Å². The Morgan fingerprint density at radius 2 is 1.79 bits per heavy atom. The summed E-state index contributed by atoms with van der Waals surface area (Å²) in [5.74, 6) is 0.579. The molecule has 1 aliphatic carbocycles. The molecule has 0 N–H and O–H groups in total. The van der Waals surface area contributed by atoms with Crippen LogP contribution >= 0.6 is 0 Å². The van der Waals surface area contributed by atoms with Crippen molar-refractivity contribution in [3.05, 3.63) is 0 Å². The Balaban J connectivity index is 2.23. The van der Waals surface area contributed by atoms with Crippen LogP contribution < -0.4 is 0 Å². The fourth-order valence-electron chi connectivity index (χ4n) is 2.11. The van der Waals surface area contributed by atoms with E-state index in [0.717, 1.165) is 0 Å². The molecule has 82 valence electrons. The van der Waals surface area contributed by atoms with E-state index in [1.54, 1.807) is 0 Å². The van der Waals surface area contributed by atoms with Gasteiger partial charge >= 0.3 is 5.97 Å². The van der Waals surface area contributed by atoms with Crippen molar-refractivity contribution in [2.75, 3.05) is 0 Å². The lowest BCUT2D eigenvalue weighted by Gasteiger charge is -2.14. The molecule has 1 saturated carbocycles. The molecule has 0 atom stereocenters. The Morgan fingerprint density at radius 3 is 2.29 bits per heavy atom. The minimum Gasteiger partial charge on any atom is -0.463 e. The highest BCUT2D eigenvalue weighted by molar-refractivity contribution is 5.69. The first-order valence-corrected chi connectivity index (χ1v) is 5.88. The number of esters is 1. The van der Waals surface area contributed by atoms with Crippen molar-refractivity contribution < 1.29 is 9.53 Å². The van der Waals surface area contributed by atoms with Crippen molar-refractivity contribution in [2.24, 2.45) is 5.92 Å². The molecule has 0 amide bonds. The molecule has 1 fully saturated rings. The quantitative estimate of drug-likeness (QED) is 0.514. The predicted octanol–water partition coefficient (Wildman–Crippen LogP) is 3.30. The molecule has 0 radical (unpaired) electrons. The van der Waals surface area contributed by atoms with Gasteiger partial charge in [0.1, 0.15) is 0 Å². The van der Waals surface area contributed by atoms with Crippen molar-refractivity contribution in [3.63, 3.8) is 0 Å². The largest absolute Gasteiger partial charge is 0.463 e. The topological polar surface area (TPSA) is 26.3 Å². The van der Waals surface area contributed by atoms with Gasteiger partial charge in [0.2, 0.25) is 0 Å². The maximum absolute atomic E-state index is 11.4. The Hall–Kier alpha value is -0.530. The van der Waals surface area contributed by atoms with Crippen LogP contribution in [0, 0.1) is 5.92 Å². The molecular weight excluding hydrogens is 176 g/mol. The zero-order chi connectivity index (χ0) is 10.4. The number of hydrogen-bond donors (Lipinski definition) is 0. The highest BCUT2D eigenvalue weighted by atomic mass is 16.5. The molecule has 14 heavy (non-hydrogen) atoms. The first-order chi connectivity index (χ1) is 6.68. The molecule has 2 heteroatoms. The van der Waals surface area contributed by atoms with E-state index in [0.29, 0.717) is 12.3 Å². The van der Waals surface area contributed by atoms with E-state index in [1.165, 1.54) is 38.5 Å². The summed E-state index contributed by atoms with van der Waals surface area (Å²) in [5.41, 5.74) is 0. The standard InChI is InChI=1S/C12H22O2/c1-10(2)14-12(13)9-11-7-5-3-4-6-8-11/h10-11H,3-9H2,1-2H3. The van der Waals surface area contributed by atoms with Gasteiger partial charge < -0.3 is 4.74 Å². The highest BCUT2D eigenvalue weighted by Gasteiger charge is 2.17. The minimum atomic E-state index is -0.00750. The number of rotatable bonds is 3. The second-order valence-electron chi connectivity index (χ2n) is 4.60. The zero-order valence-corrected chi connectivity index (χ0v) is 9.42. The molecule has 0 aromatic heterocycles. The van der Waals surface area contributed by atoms with Crippen LogP contribution in [0.1, 0.15) is 58.8 Å². The van der Waals surface area contributed by atoms with Crippen molar-refractivity contribution >= 4 is 5.97 Å². The van der Waals surface area contributed by atoms with Crippen LogP contribution in [0.5, 0.6) is 0 Å². The van der Waals surface area contributed by atoms with E-state index in [4.69, 9.17) is 4.74 Å². The Bertz CT molecular complexity index is 167. The minimum absolute atomic E-state index is 0.00750. The van der Waals surface area contributed by atoms with Gasteiger partial charge in [-0.3, -0.25) is 4.79 Å². The lowest BCUT2D eigenvalue weighted by Crippen LogP contribution is -2.15. The van der Waals surface area contributed by atoms with Crippen molar-refractivity contribution in [1.29, 1.82) is 0 Å². The maximum Gasteiger partial charge on any atom is 0.306 e. The molecule has 0 aromatic rings. The molecule has 0 spiro atoms. The molecule has 1 aliphatic rings. The summed E-state index contributed by atoms with van der Waals surface area (Å²) in [7, 11) is 0. The third kappa shape index (κ3) is 4.64. The maximum atomic E-state index is 11.4. The van der Waals surface area contributed by atoms with Crippen LogP contribution in [-0.2, 0) is 9.53 Å². The van der Waals surface area contributed by atoms with Gasteiger partial charge in [-0.1, -0.05) is 25.7 Å². The average molecular weight is 198 g/mol. The molecule has 1 rings (SSSR count). The van der Waals surface area contributed by atoms with Gasteiger partial charge in [0, 0.05) is 6.42 Å². The zero-order valence-electron chi connectivity index (χ0n) is 9.42. The Morgan fingerprint density at radius 1 is 1.21 bits per heavy atom.